The zero-order valence-corrected chi connectivity index (χ0v) is 20.8. The maximum absolute atomic E-state index is 15.3. The molecular formula is C30H19FN8O. The number of imidazole rings is 1. The van der Waals surface area contributed by atoms with Crippen LogP contribution in [-0.2, 0) is 0 Å². The Morgan fingerprint density at radius 1 is 0.850 bits per heavy atom. The van der Waals surface area contributed by atoms with E-state index in [2.05, 4.69) is 35.5 Å². The van der Waals surface area contributed by atoms with Crippen molar-refractivity contribution in [3.8, 4) is 34.0 Å². The summed E-state index contributed by atoms with van der Waals surface area (Å²) in [6.45, 7) is 0. The van der Waals surface area contributed by atoms with Gasteiger partial charge in [-0.15, -0.1) is 0 Å². The molecule has 10 heteroatoms. The fraction of sp³-hybridized carbons (Fsp3) is 0. The number of halogens is 1. The van der Waals surface area contributed by atoms with Crippen LogP contribution in [0.1, 0.15) is 10.4 Å². The number of fused-ring (bicyclic) bond motifs is 2. The van der Waals surface area contributed by atoms with Crippen molar-refractivity contribution in [2.45, 2.75) is 0 Å². The summed E-state index contributed by atoms with van der Waals surface area (Å²) in [5.74, 6) is -0.231. The predicted molar refractivity (Wildman–Crippen MR) is 150 cm³/mol. The van der Waals surface area contributed by atoms with E-state index in [-0.39, 0.29) is 5.91 Å². The normalized spacial score (nSPS) is 11.2. The number of pyridine rings is 3. The molecule has 1 amide bonds. The molecule has 192 valence electrons. The molecule has 5 aromatic heterocycles. The molecule has 0 saturated carbocycles. The van der Waals surface area contributed by atoms with Gasteiger partial charge in [-0.2, -0.15) is 5.10 Å². The van der Waals surface area contributed by atoms with Crippen molar-refractivity contribution in [1.29, 1.82) is 0 Å². The van der Waals surface area contributed by atoms with Crippen LogP contribution in [0, 0.1) is 5.82 Å². The van der Waals surface area contributed by atoms with E-state index in [0.717, 1.165) is 5.52 Å². The van der Waals surface area contributed by atoms with E-state index in [1.165, 1.54) is 12.3 Å². The van der Waals surface area contributed by atoms with E-state index < -0.39 is 5.82 Å². The monoisotopic (exact) mass is 526 g/mol. The molecular weight excluding hydrogens is 507 g/mol. The minimum atomic E-state index is -0.456. The van der Waals surface area contributed by atoms with Gasteiger partial charge in [-0.25, -0.2) is 9.37 Å². The standard InChI is InChI=1S/C30H19FN8O/c31-22-14-25-21(13-20(22)18-12-19(16-32-15-18)35-30(40)17-6-2-1-3-7-17)26(39-38-25)29-36-24-9-11-34-27(28(24)37-29)23-8-4-5-10-33-23/h1-16H,(H,35,40)(H,36,37)(H,38,39). The molecule has 0 radical (unpaired) electrons. The zero-order valence-electron chi connectivity index (χ0n) is 20.8. The van der Waals surface area contributed by atoms with Crippen LogP contribution in [0.5, 0.6) is 0 Å². The van der Waals surface area contributed by atoms with Gasteiger partial charge in [0.15, 0.2) is 5.82 Å². The summed E-state index contributed by atoms with van der Waals surface area (Å²) in [5, 5.41) is 10.8. The molecule has 0 spiro atoms. The third-order valence-corrected chi connectivity index (χ3v) is 6.53. The van der Waals surface area contributed by atoms with E-state index >= 15 is 4.39 Å². The van der Waals surface area contributed by atoms with Crippen molar-refractivity contribution in [1.82, 2.24) is 35.1 Å². The van der Waals surface area contributed by atoms with Gasteiger partial charge >= 0.3 is 0 Å². The van der Waals surface area contributed by atoms with Crippen molar-refractivity contribution in [3.63, 3.8) is 0 Å². The lowest BCUT2D eigenvalue weighted by Gasteiger charge is -2.08. The smallest absolute Gasteiger partial charge is 0.255 e. The fourth-order valence-electron chi connectivity index (χ4n) is 4.63. The Bertz CT molecular complexity index is 2020. The second-order valence-electron chi connectivity index (χ2n) is 9.09. The number of amides is 1. The first-order valence-corrected chi connectivity index (χ1v) is 12.4. The number of hydrogen-bond acceptors (Lipinski definition) is 6. The number of aromatic amines is 2. The van der Waals surface area contributed by atoms with E-state index in [4.69, 9.17) is 4.98 Å². The number of aromatic nitrogens is 7. The molecule has 0 unspecified atom stereocenters. The first-order valence-electron chi connectivity index (χ1n) is 12.4. The Hall–Kier alpha value is -5.77. The summed E-state index contributed by atoms with van der Waals surface area (Å²) >= 11 is 0. The van der Waals surface area contributed by atoms with Crippen LogP contribution in [0.4, 0.5) is 10.1 Å². The highest BCUT2D eigenvalue weighted by molar-refractivity contribution is 6.04. The maximum Gasteiger partial charge on any atom is 0.255 e. The molecule has 0 saturated heterocycles. The number of anilines is 1. The molecule has 0 aliphatic rings. The van der Waals surface area contributed by atoms with Crippen LogP contribution in [0.25, 0.3) is 56.0 Å². The lowest BCUT2D eigenvalue weighted by molar-refractivity contribution is 0.102. The fourth-order valence-corrected chi connectivity index (χ4v) is 4.63. The maximum atomic E-state index is 15.3. The van der Waals surface area contributed by atoms with Crippen molar-refractivity contribution in [2.75, 3.05) is 5.32 Å². The molecule has 0 aliphatic carbocycles. The van der Waals surface area contributed by atoms with Crippen molar-refractivity contribution >= 4 is 33.5 Å². The number of rotatable bonds is 5. The topological polar surface area (TPSA) is 125 Å². The Morgan fingerprint density at radius 3 is 2.58 bits per heavy atom. The lowest BCUT2D eigenvalue weighted by Crippen LogP contribution is -2.11. The summed E-state index contributed by atoms with van der Waals surface area (Å²) in [4.78, 5) is 33.8. The van der Waals surface area contributed by atoms with Gasteiger partial charge in [0.05, 0.1) is 28.6 Å². The largest absolute Gasteiger partial charge is 0.336 e. The van der Waals surface area contributed by atoms with Crippen LogP contribution >= 0.6 is 0 Å². The molecule has 2 aromatic carbocycles. The minimum Gasteiger partial charge on any atom is -0.336 e. The quantitative estimate of drug-likeness (QED) is 0.252. The van der Waals surface area contributed by atoms with Gasteiger partial charge in [-0.3, -0.25) is 24.8 Å². The number of H-pyrrole nitrogens is 2. The van der Waals surface area contributed by atoms with E-state index in [0.29, 0.717) is 61.7 Å². The van der Waals surface area contributed by atoms with Gasteiger partial charge in [0.1, 0.15) is 22.7 Å². The lowest BCUT2D eigenvalue weighted by atomic mass is 10.0. The Balaban J connectivity index is 1.28. The highest BCUT2D eigenvalue weighted by Gasteiger charge is 2.19. The van der Waals surface area contributed by atoms with Gasteiger partial charge in [-0.05, 0) is 42.5 Å². The average Bonchev–Trinajstić information content (AvgIpc) is 3.61. The van der Waals surface area contributed by atoms with Crippen LogP contribution in [0.2, 0.25) is 0 Å². The molecule has 40 heavy (non-hydrogen) atoms. The summed E-state index contributed by atoms with van der Waals surface area (Å²) in [7, 11) is 0. The summed E-state index contributed by atoms with van der Waals surface area (Å²) in [6, 6.07) is 21.1. The van der Waals surface area contributed by atoms with Crippen LogP contribution < -0.4 is 5.32 Å². The van der Waals surface area contributed by atoms with Gasteiger partial charge in [-0.1, -0.05) is 24.3 Å². The SMILES string of the molecule is O=C(Nc1cncc(-c2cc3c(-c4nc5c(-c6ccccn6)nccc5[nH]4)n[nH]c3cc2F)c1)c1ccccc1. The third-order valence-electron chi connectivity index (χ3n) is 6.53. The Kier molecular flexibility index (Phi) is 5.56. The molecule has 7 rings (SSSR count). The van der Waals surface area contributed by atoms with Crippen molar-refractivity contribution < 1.29 is 9.18 Å². The van der Waals surface area contributed by atoms with E-state index in [1.807, 2.05) is 30.3 Å². The Morgan fingerprint density at radius 2 is 1.73 bits per heavy atom. The number of benzene rings is 2. The predicted octanol–water partition coefficient (Wildman–Crippen LogP) is 6.02. The summed E-state index contributed by atoms with van der Waals surface area (Å²) in [5.41, 5.74) is 5.59. The molecule has 0 aliphatic heterocycles. The molecule has 3 N–H and O–H groups in total. The number of carbonyl (C=O) groups excluding carboxylic acids is 1. The minimum absolute atomic E-state index is 0.281. The number of carbonyl (C=O) groups is 1. The third kappa shape index (κ3) is 4.13. The van der Waals surface area contributed by atoms with Gasteiger partial charge in [0.25, 0.3) is 5.91 Å². The van der Waals surface area contributed by atoms with Crippen LogP contribution in [0.3, 0.4) is 0 Å². The number of hydrogen-bond donors (Lipinski definition) is 3. The van der Waals surface area contributed by atoms with Gasteiger partial charge in [0, 0.05) is 46.7 Å². The van der Waals surface area contributed by atoms with Gasteiger partial charge in [0.2, 0.25) is 0 Å². The molecule has 5 heterocycles. The van der Waals surface area contributed by atoms with Crippen molar-refractivity contribution in [3.05, 3.63) is 109 Å². The van der Waals surface area contributed by atoms with Crippen LogP contribution in [0.15, 0.2) is 97.6 Å². The van der Waals surface area contributed by atoms with Gasteiger partial charge < -0.3 is 10.3 Å². The summed E-state index contributed by atoms with van der Waals surface area (Å²) < 4.78 is 15.3. The highest BCUT2D eigenvalue weighted by Crippen LogP contribution is 2.34. The van der Waals surface area contributed by atoms with E-state index in [1.54, 1.807) is 55.0 Å². The summed E-state index contributed by atoms with van der Waals surface area (Å²) in [6.07, 6.45) is 6.47. The van der Waals surface area contributed by atoms with Crippen LogP contribution in [-0.4, -0.2) is 41.0 Å². The molecule has 9 nitrogen and oxygen atoms in total. The average molecular weight is 527 g/mol. The second-order valence-corrected chi connectivity index (χ2v) is 9.09. The number of nitrogens with zero attached hydrogens (tertiary/aromatic N) is 5. The highest BCUT2D eigenvalue weighted by atomic mass is 19.1. The number of nitrogens with one attached hydrogen (secondary N) is 3. The molecule has 0 atom stereocenters. The van der Waals surface area contributed by atoms with Crippen molar-refractivity contribution in [2.24, 2.45) is 0 Å². The van der Waals surface area contributed by atoms with E-state index in [9.17, 15) is 4.79 Å². The first kappa shape index (κ1) is 23.4. The molecule has 0 fully saturated rings. The molecule has 0 bridgehead atoms. The first-order chi connectivity index (χ1) is 19.6. The zero-order chi connectivity index (χ0) is 27.1. The molecule has 7 aromatic rings. The Labute approximate surface area is 226 Å². The second kappa shape index (κ2) is 9.52.